The molecule has 0 unspecified atom stereocenters. The average molecular weight is 313 g/mol. The van der Waals surface area contributed by atoms with Crippen molar-refractivity contribution in [1.29, 1.82) is 0 Å². The van der Waals surface area contributed by atoms with Crippen molar-refractivity contribution in [2.45, 2.75) is 40.5 Å². The van der Waals surface area contributed by atoms with Crippen LogP contribution in [0.1, 0.15) is 50.9 Å². The van der Waals surface area contributed by atoms with E-state index < -0.39 is 5.97 Å². The minimum absolute atomic E-state index is 0.112. The van der Waals surface area contributed by atoms with Crippen molar-refractivity contribution in [3.8, 4) is 0 Å². The van der Waals surface area contributed by atoms with Crippen molar-refractivity contribution in [3.05, 3.63) is 22.8 Å². The highest BCUT2D eigenvalue weighted by Crippen LogP contribution is 2.28. The van der Waals surface area contributed by atoms with Gasteiger partial charge < -0.3 is 10.0 Å². The Morgan fingerprint density at radius 2 is 1.76 bits per heavy atom. The molecule has 0 radical (unpaired) electrons. The van der Waals surface area contributed by atoms with Crippen LogP contribution in [-0.4, -0.2) is 29.1 Å². The van der Waals surface area contributed by atoms with Gasteiger partial charge in [0, 0.05) is 19.3 Å². The van der Waals surface area contributed by atoms with Gasteiger partial charge in [-0.1, -0.05) is 39.3 Å². The summed E-state index contributed by atoms with van der Waals surface area (Å²) in [5.41, 5.74) is 0.112. The van der Waals surface area contributed by atoms with E-state index in [0.29, 0.717) is 17.7 Å². The quantitative estimate of drug-likeness (QED) is 0.776. The molecule has 5 heteroatoms. The Hall–Kier alpha value is -1.29. The van der Waals surface area contributed by atoms with Crippen LogP contribution in [0.4, 0.5) is 5.82 Å². The Kier molecular flexibility index (Phi) is 6.96. The van der Waals surface area contributed by atoms with Crippen molar-refractivity contribution in [2.75, 3.05) is 18.0 Å². The summed E-state index contributed by atoms with van der Waals surface area (Å²) >= 11 is 6.24. The van der Waals surface area contributed by atoms with Crippen molar-refractivity contribution in [3.63, 3.8) is 0 Å². The highest BCUT2D eigenvalue weighted by Gasteiger charge is 2.18. The fourth-order valence-corrected chi connectivity index (χ4v) is 2.28. The predicted octanol–water partition coefficient (Wildman–Crippen LogP) is 4.33. The number of nitrogens with zero attached hydrogens (tertiary/aromatic N) is 2. The molecule has 0 atom stereocenters. The number of hydrogen-bond donors (Lipinski definition) is 1. The van der Waals surface area contributed by atoms with Crippen molar-refractivity contribution in [1.82, 2.24) is 4.98 Å². The smallest absolute Gasteiger partial charge is 0.337 e. The van der Waals surface area contributed by atoms with Gasteiger partial charge in [0.2, 0.25) is 0 Å². The van der Waals surface area contributed by atoms with Gasteiger partial charge in [-0.2, -0.15) is 0 Å². The molecule has 0 bridgehead atoms. The van der Waals surface area contributed by atoms with Gasteiger partial charge in [-0.15, -0.1) is 0 Å². The van der Waals surface area contributed by atoms with Gasteiger partial charge >= 0.3 is 5.97 Å². The molecule has 1 N–H and O–H groups in total. The molecule has 0 fully saturated rings. The number of aromatic nitrogens is 1. The van der Waals surface area contributed by atoms with Crippen LogP contribution in [0.15, 0.2) is 12.3 Å². The van der Waals surface area contributed by atoms with Crippen molar-refractivity contribution < 1.29 is 9.90 Å². The fraction of sp³-hybridized carbons (Fsp3) is 0.625. The first-order valence-electron chi connectivity index (χ1n) is 7.45. The Morgan fingerprint density at radius 1 is 1.24 bits per heavy atom. The number of hydrogen-bond acceptors (Lipinski definition) is 3. The molecule has 21 heavy (non-hydrogen) atoms. The van der Waals surface area contributed by atoms with Gasteiger partial charge in [0.1, 0.15) is 5.82 Å². The van der Waals surface area contributed by atoms with Crippen LogP contribution in [0.2, 0.25) is 5.02 Å². The molecule has 1 rings (SSSR count). The van der Waals surface area contributed by atoms with Gasteiger partial charge in [0.05, 0.1) is 10.6 Å². The minimum Gasteiger partial charge on any atom is -0.478 e. The Bertz CT molecular complexity index is 463. The van der Waals surface area contributed by atoms with Crippen LogP contribution < -0.4 is 4.90 Å². The summed E-state index contributed by atoms with van der Waals surface area (Å²) in [7, 11) is 0. The number of rotatable bonds is 8. The lowest BCUT2D eigenvalue weighted by atomic mass is 10.1. The van der Waals surface area contributed by atoms with Gasteiger partial charge in [-0.05, 0) is 30.7 Å². The number of halogens is 1. The molecule has 0 saturated heterocycles. The molecule has 1 aromatic heterocycles. The van der Waals surface area contributed by atoms with E-state index in [4.69, 9.17) is 11.6 Å². The summed E-state index contributed by atoms with van der Waals surface area (Å²) in [6.45, 7) is 10.3. The zero-order chi connectivity index (χ0) is 16.0. The van der Waals surface area contributed by atoms with E-state index in [0.717, 1.165) is 25.9 Å². The second-order valence-corrected chi connectivity index (χ2v) is 6.53. The van der Waals surface area contributed by atoms with Crippen LogP contribution in [0.3, 0.4) is 0 Å². The molecule has 0 aliphatic carbocycles. The molecule has 1 aromatic rings. The molecular formula is C16H25ClN2O2. The lowest BCUT2D eigenvalue weighted by Gasteiger charge is -2.26. The van der Waals surface area contributed by atoms with Gasteiger partial charge in [-0.3, -0.25) is 0 Å². The number of aromatic carboxylic acids is 1. The average Bonchev–Trinajstić information content (AvgIpc) is 2.39. The fourth-order valence-electron chi connectivity index (χ4n) is 1.97. The summed E-state index contributed by atoms with van der Waals surface area (Å²) in [6, 6.07) is 1.44. The van der Waals surface area contributed by atoms with E-state index >= 15 is 0 Å². The van der Waals surface area contributed by atoms with E-state index in [2.05, 4.69) is 37.6 Å². The van der Waals surface area contributed by atoms with E-state index in [1.54, 1.807) is 0 Å². The predicted molar refractivity (Wildman–Crippen MR) is 87.3 cm³/mol. The first kappa shape index (κ1) is 17.8. The first-order valence-corrected chi connectivity index (χ1v) is 7.83. The molecule has 0 aliphatic heterocycles. The van der Waals surface area contributed by atoms with Crippen LogP contribution in [0.25, 0.3) is 0 Å². The maximum Gasteiger partial charge on any atom is 0.337 e. The van der Waals surface area contributed by atoms with E-state index in [1.165, 1.54) is 12.3 Å². The van der Waals surface area contributed by atoms with Crippen LogP contribution >= 0.6 is 11.6 Å². The van der Waals surface area contributed by atoms with Crippen LogP contribution in [0.5, 0.6) is 0 Å². The van der Waals surface area contributed by atoms with Crippen LogP contribution in [-0.2, 0) is 0 Å². The molecule has 0 spiro atoms. The topological polar surface area (TPSA) is 53.4 Å². The summed E-state index contributed by atoms with van der Waals surface area (Å²) in [6.07, 6.45) is 3.56. The Morgan fingerprint density at radius 3 is 2.19 bits per heavy atom. The van der Waals surface area contributed by atoms with Gasteiger partial charge in [-0.25, -0.2) is 9.78 Å². The number of anilines is 1. The molecule has 4 nitrogen and oxygen atoms in total. The standard InChI is InChI=1S/C16H25ClN2O2/c1-11(2)6-9-19(10-7-12(3)4)15-14(17)13(16(20)21)5-8-18-15/h5,8,11-12H,6-7,9-10H2,1-4H3,(H,20,21). The third-order valence-electron chi connectivity index (χ3n) is 3.35. The molecule has 118 valence electrons. The maximum atomic E-state index is 11.2. The molecule has 1 heterocycles. The van der Waals surface area contributed by atoms with Crippen molar-refractivity contribution in [2.24, 2.45) is 11.8 Å². The van der Waals surface area contributed by atoms with E-state index in [-0.39, 0.29) is 10.6 Å². The number of carbonyl (C=O) groups is 1. The highest BCUT2D eigenvalue weighted by atomic mass is 35.5. The summed E-state index contributed by atoms with van der Waals surface area (Å²) < 4.78 is 0. The normalized spacial score (nSPS) is 11.2. The van der Waals surface area contributed by atoms with E-state index in [9.17, 15) is 9.90 Å². The zero-order valence-corrected chi connectivity index (χ0v) is 14.0. The maximum absolute atomic E-state index is 11.2. The number of pyridine rings is 1. The molecule has 0 amide bonds. The molecule has 0 aliphatic rings. The highest BCUT2D eigenvalue weighted by molar-refractivity contribution is 6.35. The molecule has 0 saturated carbocycles. The first-order chi connectivity index (χ1) is 9.82. The van der Waals surface area contributed by atoms with Crippen molar-refractivity contribution >= 4 is 23.4 Å². The third-order valence-corrected chi connectivity index (χ3v) is 3.73. The van der Waals surface area contributed by atoms with Gasteiger partial charge in [0.25, 0.3) is 0 Å². The zero-order valence-electron chi connectivity index (χ0n) is 13.3. The Labute approximate surface area is 132 Å². The molecule has 0 aromatic carbocycles. The summed E-state index contributed by atoms with van der Waals surface area (Å²) in [5.74, 6) is 0.718. The summed E-state index contributed by atoms with van der Waals surface area (Å²) in [4.78, 5) is 17.6. The number of carboxylic acid groups (broad SMARTS) is 1. The largest absolute Gasteiger partial charge is 0.478 e. The van der Waals surface area contributed by atoms with Gasteiger partial charge in [0.15, 0.2) is 0 Å². The third kappa shape index (κ3) is 5.54. The van der Waals surface area contributed by atoms with Crippen LogP contribution in [0, 0.1) is 11.8 Å². The Balaban J connectivity index is 3.00. The SMILES string of the molecule is CC(C)CCN(CCC(C)C)c1nccc(C(=O)O)c1Cl. The second-order valence-electron chi connectivity index (χ2n) is 6.15. The molecular weight excluding hydrogens is 288 g/mol. The monoisotopic (exact) mass is 312 g/mol. The number of carboxylic acids is 1. The van der Waals surface area contributed by atoms with E-state index in [1.807, 2.05) is 0 Å². The summed E-state index contributed by atoms with van der Waals surface area (Å²) in [5, 5.41) is 9.41. The second kappa shape index (κ2) is 8.23. The lowest BCUT2D eigenvalue weighted by Crippen LogP contribution is -2.29. The lowest BCUT2D eigenvalue weighted by molar-refractivity contribution is 0.0697. The minimum atomic E-state index is -1.02.